The van der Waals surface area contributed by atoms with E-state index >= 15 is 8.78 Å². The van der Waals surface area contributed by atoms with Gasteiger partial charge in [-0.1, -0.05) is 17.7 Å². The van der Waals surface area contributed by atoms with Gasteiger partial charge in [-0.2, -0.15) is 21.6 Å². The third-order valence-electron chi connectivity index (χ3n) is 7.58. The number of hydrogen-bond acceptors (Lipinski definition) is 6. The third-order valence-corrected chi connectivity index (χ3v) is 8.81. The Morgan fingerprint density at radius 3 is 2.28 bits per heavy atom. The van der Waals surface area contributed by atoms with Crippen LogP contribution in [-0.2, 0) is 16.5 Å². The summed E-state index contributed by atoms with van der Waals surface area (Å²) in [4.78, 5) is 3.82. The number of anilines is 2. The summed E-state index contributed by atoms with van der Waals surface area (Å²) in [5.41, 5.74) is -4.35. The summed E-state index contributed by atoms with van der Waals surface area (Å²) in [7, 11) is -5.92. The van der Waals surface area contributed by atoms with Gasteiger partial charge in [0.05, 0.1) is 24.3 Å². The van der Waals surface area contributed by atoms with Gasteiger partial charge in [-0.25, -0.2) is 8.78 Å². The molecule has 0 aliphatic carbocycles. The first-order valence-electron chi connectivity index (χ1n) is 13.5. The summed E-state index contributed by atoms with van der Waals surface area (Å²) in [6.07, 6.45) is 0.628. The van der Waals surface area contributed by atoms with Gasteiger partial charge in [0, 0.05) is 42.1 Å². The van der Waals surface area contributed by atoms with Crippen LogP contribution in [0, 0.1) is 11.6 Å². The van der Waals surface area contributed by atoms with Crippen molar-refractivity contribution < 1.29 is 38.9 Å². The molecule has 2 atom stereocenters. The quantitative estimate of drug-likeness (QED) is 0.156. The highest BCUT2D eigenvalue weighted by Crippen LogP contribution is 2.44. The Balaban J connectivity index is 1.52. The Hall–Kier alpha value is -3.16. The van der Waals surface area contributed by atoms with Crippen LogP contribution < -0.4 is 14.4 Å². The van der Waals surface area contributed by atoms with Crippen molar-refractivity contribution in [1.29, 1.82) is 0 Å². The van der Waals surface area contributed by atoms with Gasteiger partial charge in [0.2, 0.25) is 0 Å². The largest absolute Gasteiger partial charge is 0.534 e. The first kappa shape index (κ1) is 31.3. The molecule has 1 saturated heterocycles. The van der Waals surface area contributed by atoms with E-state index in [1.54, 1.807) is 36.1 Å². The molecule has 3 aromatic rings. The molecule has 1 fully saturated rings. The summed E-state index contributed by atoms with van der Waals surface area (Å²) in [6.45, 7) is 3.19. The van der Waals surface area contributed by atoms with E-state index in [-0.39, 0.29) is 23.7 Å². The fourth-order valence-corrected chi connectivity index (χ4v) is 6.25. The number of halogens is 7. The van der Waals surface area contributed by atoms with Gasteiger partial charge in [-0.15, -0.1) is 0 Å². The maximum atomic E-state index is 15.9. The molecule has 1 unspecified atom stereocenters. The molecule has 0 spiro atoms. The summed E-state index contributed by atoms with van der Waals surface area (Å²) in [5.74, 6) is -2.26. The minimum absolute atomic E-state index is 0.0587. The minimum Gasteiger partial charge on any atom is -0.380 e. The van der Waals surface area contributed by atoms with Gasteiger partial charge < -0.3 is 14.4 Å². The van der Waals surface area contributed by atoms with Crippen LogP contribution >= 0.6 is 11.6 Å². The summed E-state index contributed by atoms with van der Waals surface area (Å²) in [6, 6.07) is 11.0. The molecule has 1 N–H and O–H groups in total. The van der Waals surface area contributed by atoms with E-state index in [9.17, 15) is 26.0 Å². The first-order valence-corrected chi connectivity index (χ1v) is 15.3. The van der Waals surface area contributed by atoms with E-state index in [0.29, 0.717) is 47.9 Å². The highest BCUT2D eigenvalue weighted by Gasteiger charge is 2.49. The van der Waals surface area contributed by atoms with Crippen molar-refractivity contribution >= 4 is 33.1 Å². The highest BCUT2D eigenvalue weighted by molar-refractivity contribution is 7.88. The molecule has 0 bridgehead atoms. The molecule has 6 nitrogen and oxygen atoms in total. The zero-order valence-electron chi connectivity index (χ0n) is 22.8. The van der Waals surface area contributed by atoms with Crippen molar-refractivity contribution in [2.24, 2.45) is 0 Å². The molecule has 2 heterocycles. The van der Waals surface area contributed by atoms with Crippen molar-refractivity contribution in [3.63, 3.8) is 0 Å². The first-order chi connectivity index (χ1) is 20.3. The van der Waals surface area contributed by atoms with Crippen LogP contribution in [0.25, 0.3) is 0 Å². The molecule has 43 heavy (non-hydrogen) atoms. The Labute approximate surface area is 250 Å². The molecule has 2 aliphatic heterocycles. The molecule has 5 rings (SSSR count). The summed E-state index contributed by atoms with van der Waals surface area (Å²) in [5, 5.41) is 3.56. The topological polar surface area (TPSA) is 61.9 Å². The Morgan fingerprint density at radius 1 is 1.02 bits per heavy atom. The Morgan fingerprint density at radius 2 is 1.67 bits per heavy atom. The maximum absolute atomic E-state index is 15.9. The molecule has 3 aromatic carbocycles. The molecular formula is C29H28ClF6N3O3S. The van der Waals surface area contributed by atoms with Crippen LogP contribution in [0.1, 0.15) is 36.1 Å². The number of alkyl halides is 4. The van der Waals surface area contributed by atoms with Crippen LogP contribution in [-0.4, -0.2) is 57.2 Å². The highest BCUT2D eigenvalue weighted by atomic mass is 35.5. The van der Waals surface area contributed by atoms with E-state index < -0.39 is 51.8 Å². The SMILES string of the molecule is CC1Cc2cc(OS(=O)(=O)C(F)(F)F)ccc2[C@H](c2c(F)cc(NC3CN(CCCF)C3)cc2F)N1c1ccc(Cl)cc1. The number of likely N-dealkylation sites (tertiary alicyclic amines) is 1. The van der Waals surface area contributed by atoms with Gasteiger partial charge in [0.25, 0.3) is 0 Å². The predicted octanol–water partition coefficient (Wildman–Crippen LogP) is 6.84. The molecule has 2 aliphatic rings. The lowest BCUT2D eigenvalue weighted by Crippen LogP contribution is -2.54. The van der Waals surface area contributed by atoms with Crippen LogP contribution in [0.2, 0.25) is 5.02 Å². The molecule has 14 heteroatoms. The monoisotopic (exact) mass is 647 g/mol. The maximum Gasteiger partial charge on any atom is 0.534 e. The lowest BCUT2D eigenvalue weighted by Gasteiger charge is -2.44. The van der Waals surface area contributed by atoms with E-state index in [2.05, 4.69) is 9.50 Å². The molecule has 0 amide bonds. The number of nitrogens with zero attached hydrogens (tertiary/aromatic N) is 2. The minimum atomic E-state index is -5.92. The van der Waals surface area contributed by atoms with Crippen molar-refractivity contribution in [2.75, 3.05) is 36.5 Å². The third kappa shape index (κ3) is 6.53. The van der Waals surface area contributed by atoms with E-state index in [1.165, 1.54) is 18.2 Å². The molecule has 0 saturated carbocycles. The standard InChI is InChI=1S/C29H28ClF6N3O3S/c1-17-11-18-12-23(42-43(40,41)29(34,35)36)7-8-24(18)28(39(17)22-5-3-19(30)4-6-22)27-25(32)13-20(14-26(27)33)37-21-15-38(16-21)10-2-9-31/h3-8,12-14,17,21,28,37H,2,9-11,15-16H2,1H3/t17?,28-/m1/s1. The lowest BCUT2D eigenvalue weighted by atomic mass is 9.84. The van der Waals surface area contributed by atoms with Crippen molar-refractivity contribution in [3.05, 3.63) is 87.9 Å². The van der Waals surface area contributed by atoms with Crippen molar-refractivity contribution in [2.45, 2.75) is 43.4 Å². The van der Waals surface area contributed by atoms with E-state index in [0.717, 1.165) is 12.1 Å². The number of benzene rings is 3. The van der Waals surface area contributed by atoms with Crippen LogP contribution in [0.4, 0.5) is 37.7 Å². The molecule has 0 aromatic heterocycles. The van der Waals surface area contributed by atoms with Crippen LogP contribution in [0.15, 0.2) is 54.6 Å². The van der Waals surface area contributed by atoms with Gasteiger partial charge in [-0.3, -0.25) is 9.29 Å². The number of fused-ring (bicyclic) bond motifs is 1. The average molecular weight is 648 g/mol. The number of rotatable bonds is 9. The second-order valence-electron chi connectivity index (χ2n) is 10.7. The fourth-order valence-electron chi connectivity index (χ4n) is 5.68. The van der Waals surface area contributed by atoms with Crippen LogP contribution in [0.5, 0.6) is 5.75 Å². The molecular weight excluding hydrogens is 620 g/mol. The number of hydrogen-bond donors (Lipinski definition) is 1. The van der Waals surface area contributed by atoms with E-state index in [1.807, 2.05) is 4.90 Å². The lowest BCUT2D eigenvalue weighted by molar-refractivity contribution is -0.0500. The van der Waals surface area contributed by atoms with Gasteiger partial charge in [-0.05, 0) is 79.4 Å². The Bertz CT molecular complexity index is 1560. The second-order valence-corrected chi connectivity index (χ2v) is 12.7. The van der Waals surface area contributed by atoms with Gasteiger partial charge >= 0.3 is 15.6 Å². The van der Waals surface area contributed by atoms with Crippen molar-refractivity contribution in [3.8, 4) is 5.75 Å². The number of nitrogens with one attached hydrogen (secondary N) is 1. The zero-order valence-corrected chi connectivity index (χ0v) is 24.4. The van der Waals surface area contributed by atoms with Gasteiger partial charge in [0.1, 0.15) is 17.4 Å². The predicted molar refractivity (Wildman–Crippen MR) is 152 cm³/mol. The normalized spacial score (nSPS) is 19.6. The van der Waals surface area contributed by atoms with Crippen molar-refractivity contribution in [1.82, 2.24) is 4.90 Å². The summed E-state index contributed by atoms with van der Waals surface area (Å²) < 4.78 is 111. The second kappa shape index (κ2) is 12.1. The molecule has 232 valence electrons. The smallest absolute Gasteiger partial charge is 0.380 e. The fraction of sp³-hybridized carbons (Fsp3) is 0.379. The molecule has 0 radical (unpaired) electrons. The Kier molecular flexibility index (Phi) is 8.79. The van der Waals surface area contributed by atoms with E-state index in [4.69, 9.17) is 11.6 Å². The summed E-state index contributed by atoms with van der Waals surface area (Å²) >= 11 is 6.08. The average Bonchev–Trinajstić information content (AvgIpc) is 2.89. The zero-order chi connectivity index (χ0) is 31.1. The van der Waals surface area contributed by atoms with Crippen LogP contribution in [0.3, 0.4) is 0 Å². The van der Waals surface area contributed by atoms with Gasteiger partial charge in [0.15, 0.2) is 0 Å².